The molecule has 0 aliphatic carbocycles. The summed E-state index contributed by atoms with van der Waals surface area (Å²) < 4.78 is 149. The zero-order chi connectivity index (χ0) is 93.9. The smallest absolute Gasteiger partial charge is 0.460 e. The van der Waals surface area contributed by atoms with Gasteiger partial charge >= 0.3 is 55.2 Å². The fraction of sp³-hybridized carbons (Fsp3) is 0.388. The van der Waals surface area contributed by atoms with Crippen molar-refractivity contribution in [2.45, 2.75) is 199 Å². The van der Waals surface area contributed by atoms with E-state index in [0.717, 1.165) is 66.8 Å². The van der Waals surface area contributed by atoms with Gasteiger partial charge in [-0.05, 0) is 193 Å². The molecule has 680 valence electrons. The highest BCUT2D eigenvalue weighted by atomic mass is 31.2. The van der Waals surface area contributed by atoms with Crippen LogP contribution in [-0.2, 0) is 107 Å². The average Bonchev–Trinajstić information content (AvgIpc) is 0.791. The molecule has 0 fully saturated rings. The molecule has 0 amide bonds. The Kier molecular flexibility index (Phi) is 35.1. The highest BCUT2D eigenvalue weighted by Gasteiger charge is 2.40. The van der Waals surface area contributed by atoms with Crippen LogP contribution in [0.2, 0.25) is 0 Å². The van der Waals surface area contributed by atoms with Crippen molar-refractivity contribution in [2.75, 3.05) is 52.9 Å². The van der Waals surface area contributed by atoms with Gasteiger partial charge in [0.2, 0.25) is 0 Å². The SMILES string of the molecule is C=C(C)C(=O)OCCOP(=O)(Oc1ccc(C(C)(C)c2ccc(OP(=O)(OCCOC(=O)C(=C)C)Oc3c(C)cccc3C)cc2)cc1)Oc1c(C)cccc1C.C=C(C)C(=O)OCCOP(=O)(Oc1ccc(C(C)(C)c2ccc(OP(=O)(OCCOC(=O)C(=C)C)Oc3ccc(C(C)(C)C)cc3C(C)(C)C)cc2)cc1)Oc1ccc(C(C)(C)C)cc1C(C)(C)C. The molecule has 0 bridgehead atoms. The van der Waals surface area contributed by atoms with E-state index in [9.17, 15) is 37.4 Å². The normalized spacial score (nSPS) is 13.8. The summed E-state index contributed by atoms with van der Waals surface area (Å²) in [6.45, 7) is 58.9. The lowest BCUT2D eigenvalue weighted by Gasteiger charge is -2.29. The van der Waals surface area contributed by atoms with Gasteiger partial charge in [-0.25, -0.2) is 37.4 Å². The van der Waals surface area contributed by atoms with Crippen molar-refractivity contribution in [3.63, 3.8) is 0 Å². The summed E-state index contributed by atoms with van der Waals surface area (Å²) >= 11 is 0. The molecule has 0 N–H and O–H groups in total. The predicted molar refractivity (Wildman–Crippen MR) is 492 cm³/mol. The summed E-state index contributed by atoms with van der Waals surface area (Å²) in [6.07, 6.45) is 0. The quantitative estimate of drug-likeness (QED) is 0.0113. The van der Waals surface area contributed by atoms with E-state index in [1.807, 2.05) is 206 Å². The third-order valence-electron chi connectivity index (χ3n) is 19.8. The molecule has 28 heteroatoms. The van der Waals surface area contributed by atoms with Gasteiger partial charge in [0.15, 0.2) is 0 Å². The highest BCUT2D eigenvalue weighted by molar-refractivity contribution is 7.50. The van der Waals surface area contributed by atoms with Gasteiger partial charge in [-0.1, -0.05) is 246 Å². The maximum atomic E-state index is 14.6. The van der Waals surface area contributed by atoms with E-state index in [0.29, 0.717) is 23.0 Å². The van der Waals surface area contributed by atoms with E-state index in [1.165, 1.54) is 27.7 Å². The van der Waals surface area contributed by atoms with Crippen LogP contribution in [0.3, 0.4) is 0 Å². The summed E-state index contributed by atoms with van der Waals surface area (Å²) in [6, 6.07) is 50.6. The number of para-hydroxylation sites is 2. The molecule has 0 aliphatic rings. The van der Waals surface area contributed by atoms with E-state index in [2.05, 4.69) is 67.9 Å². The minimum Gasteiger partial charge on any atom is -0.460 e. The van der Waals surface area contributed by atoms with Crippen molar-refractivity contribution < 1.29 is 111 Å². The molecule has 0 heterocycles. The molecule has 0 aromatic heterocycles. The van der Waals surface area contributed by atoms with Crippen LogP contribution in [-0.4, -0.2) is 76.7 Å². The number of benzene rings is 8. The third kappa shape index (κ3) is 30.0. The Labute approximate surface area is 744 Å². The lowest BCUT2D eigenvalue weighted by Crippen LogP contribution is -2.19. The van der Waals surface area contributed by atoms with Crippen molar-refractivity contribution in [1.29, 1.82) is 0 Å². The van der Waals surface area contributed by atoms with Crippen molar-refractivity contribution >= 4 is 55.2 Å². The van der Waals surface area contributed by atoms with Gasteiger partial charge in [0.25, 0.3) is 0 Å². The van der Waals surface area contributed by atoms with Gasteiger partial charge in [0.05, 0.1) is 26.4 Å². The second-order valence-corrected chi connectivity index (χ2v) is 41.8. The van der Waals surface area contributed by atoms with Crippen molar-refractivity contribution in [3.05, 3.63) is 285 Å². The molecule has 4 atom stereocenters. The Morgan fingerprint density at radius 1 is 0.270 bits per heavy atom. The Bertz CT molecular complexity index is 5040. The standard InChI is InChI=1S/C55H74O12P2.C43H50O12P2/c1-37(2)49(56)60-31-33-62-68(58,66-47-29-23-41(51(5,6)7)35-45(47)53(11,12)13)64-43-25-19-39(20-26-43)55(17,18)40-21-27-44(28-22-40)65-69(59,63-34-32-61-50(57)38(3)4)67-48-30-24-42(52(8,9)10)36-46(48)54(14,15)16;1-29(2)41(44)48-25-27-50-56(46,54-39-31(5)13-11-14-32(39)6)52-37-21-17-35(18-22-37)43(9,10)36-19-23-38(24-20-36)53-57(47,51-28-26-49-42(45)30(3)4)55-40-33(7)15-12-16-34(40)8/h19-30,35-36H,1,3,31-34H2,2,4-18H3;11-24H,1,3,25-28H2,2,4-10H3. The van der Waals surface area contributed by atoms with E-state index in [-0.39, 0.29) is 109 Å². The maximum absolute atomic E-state index is 14.6. The number of carbonyl (C=O) groups is 4. The number of esters is 4. The number of hydrogen-bond donors (Lipinski definition) is 0. The number of ether oxygens (including phenoxy) is 4. The molecule has 126 heavy (non-hydrogen) atoms. The molecule has 0 radical (unpaired) electrons. The fourth-order valence-electron chi connectivity index (χ4n) is 12.2. The predicted octanol–water partition coefficient (Wildman–Crippen LogP) is 25.3. The first kappa shape index (κ1) is 103. The molecule has 8 aromatic rings. The van der Waals surface area contributed by atoms with Gasteiger partial charge in [-0.15, -0.1) is 0 Å². The van der Waals surface area contributed by atoms with Crippen molar-refractivity contribution in [1.82, 2.24) is 0 Å². The third-order valence-corrected chi connectivity index (χ3v) is 25.2. The zero-order valence-corrected chi connectivity index (χ0v) is 80.8. The number of phosphoric ester groups is 4. The Morgan fingerprint density at radius 2 is 0.476 bits per heavy atom. The number of aryl methyl sites for hydroxylation is 4. The number of hydrogen-bond acceptors (Lipinski definition) is 24. The second kappa shape index (κ2) is 43.0. The fourth-order valence-corrected chi connectivity index (χ4v) is 17.3. The van der Waals surface area contributed by atoms with Crippen LogP contribution in [0.15, 0.2) is 218 Å². The van der Waals surface area contributed by atoms with Crippen molar-refractivity contribution in [2.24, 2.45) is 0 Å². The van der Waals surface area contributed by atoms with Crippen LogP contribution in [0, 0.1) is 27.7 Å². The first-order valence-electron chi connectivity index (χ1n) is 41.2. The Morgan fingerprint density at radius 3 is 0.675 bits per heavy atom. The molecule has 0 spiro atoms. The van der Waals surface area contributed by atoms with Gasteiger partial charge in [0.1, 0.15) is 72.4 Å². The molecule has 4 unspecified atom stereocenters. The molecule has 24 nitrogen and oxygen atoms in total. The summed E-state index contributed by atoms with van der Waals surface area (Å²) in [5.41, 5.74) is 8.91. The van der Waals surface area contributed by atoms with Crippen LogP contribution in [0.5, 0.6) is 46.0 Å². The minimum atomic E-state index is -4.39. The van der Waals surface area contributed by atoms with E-state index in [1.54, 1.807) is 60.7 Å². The van der Waals surface area contributed by atoms with Gasteiger partial charge in [-0.2, -0.15) is 0 Å². The molecule has 0 saturated carbocycles. The first-order valence-corrected chi connectivity index (χ1v) is 47.0. The van der Waals surface area contributed by atoms with Crippen LogP contribution >= 0.6 is 31.3 Å². The van der Waals surface area contributed by atoms with Crippen LogP contribution < -0.4 is 36.2 Å². The molecule has 0 aliphatic heterocycles. The molecular formula is C98H124O24P4. The Balaban J connectivity index is 0.000000352. The van der Waals surface area contributed by atoms with Gasteiger partial charge in [0, 0.05) is 44.2 Å². The van der Waals surface area contributed by atoms with Crippen LogP contribution in [0.4, 0.5) is 0 Å². The van der Waals surface area contributed by atoms with E-state index in [4.69, 9.17) is 73.2 Å². The summed E-state index contributed by atoms with van der Waals surface area (Å²) in [5, 5.41) is 0. The monoisotopic (exact) mass is 1810 g/mol. The lowest BCUT2D eigenvalue weighted by atomic mass is 9.78. The minimum absolute atomic E-state index is 0.150. The molecule has 0 saturated heterocycles. The highest BCUT2D eigenvalue weighted by Crippen LogP contribution is 2.57. The molecule has 8 rings (SSSR count). The summed E-state index contributed by atoms with van der Waals surface area (Å²) in [5.74, 6) is -0.130. The molecule has 8 aromatic carbocycles. The number of rotatable bonds is 40. The van der Waals surface area contributed by atoms with Gasteiger partial charge < -0.3 is 55.1 Å². The van der Waals surface area contributed by atoms with Gasteiger partial charge in [-0.3, -0.25) is 18.1 Å². The summed E-state index contributed by atoms with van der Waals surface area (Å²) in [4.78, 5) is 47.8. The topological polar surface area (TPSA) is 284 Å². The largest absolute Gasteiger partial charge is 0.587 e. The lowest BCUT2D eigenvalue weighted by molar-refractivity contribution is -0.140. The van der Waals surface area contributed by atoms with Crippen LogP contribution in [0.25, 0.3) is 0 Å². The first-order chi connectivity index (χ1) is 58.5. The molecular weight excluding hydrogens is 1680 g/mol. The van der Waals surface area contributed by atoms with E-state index >= 15 is 0 Å². The number of carbonyl (C=O) groups excluding carboxylic acids is 4. The maximum Gasteiger partial charge on any atom is 0.587 e. The number of phosphoric acid groups is 4. The Hall–Kier alpha value is -10.2. The van der Waals surface area contributed by atoms with E-state index < -0.39 is 76.8 Å². The summed E-state index contributed by atoms with van der Waals surface area (Å²) in [7, 11) is -17.3. The zero-order valence-electron chi connectivity index (χ0n) is 77.2. The second-order valence-electron chi connectivity index (χ2n) is 35.7. The van der Waals surface area contributed by atoms with Crippen LogP contribution in [0.1, 0.15) is 205 Å². The average molecular weight is 1810 g/mol. The van der Waals surface area contributed by atoms with Crippen molar-refractivity contribution in [3.8, 4) is 46.0 Å².